The molecule has 0 aliphatic carbocycles. The Hall–Kier alpha value is 0.0600. The Balaban J connectivity index is 2.63. The molecule has 5 unspecified atom stereocenters. The summed E-state index contributed by atoms with van der Waals surface area (Å²) in [4.78, 5) is 0. The van der Waals surface area contributed by atoms with Crippen LogP contribution < -0.4 is 0 Å². The van der Waals surface area contributed by atoms with Gasteiger partial charge >= 0.3 is 0 Å². The molecule has 0 radical (unpaired) electrons. The molecule has 1 aliphatic rings. The molecule has 1 rings (SSSR count). The van der Waals surface area contributed by atoms with Crippen LogP contribution in [0.1, 0.15) is 0 Å². The monoisotopic (exact) mass is 200 g/mol. The maximum absolute atomic E-state index is 12.1. The summed E-state index contributed by atoms with van der Waals surface area (Å²) in [7, 11) is 0. The Bertz CT molecular complexity index is 154. The van der Waals surface area contributed by atoms with E-state index in [1.807, 2.05) is 0 Å². The Kier molecular flexibility index (Phi) is 3.25. The minimum atomic E-state index is -1.53. The van der Waals surface area contributed by atoms with Gasteiger partial charge in [-0.25, -0.2) is 4.39 Å². The molecule has 0 bridgehead atoms. The fraction of sp³-hybridized carbons (Fsp3) is 1.00. The number of aliphatic hydroxyl groups excluding tert-OH is 3. The highest BCUT2D eigenvalue weighted by Crippen LogP contribution is 2.23. The van der Waals surface area contributed by atoms with Gasteiger partial charge in [0.2, 0.25) is 0 Å². The average molecular weight is 201 g/mol. The smallest absolute Gasteiger partial charge is 0.182 e. The standard InChI is InChI=1S/C6H10ClFO4/c7-3-4(9)2(1-8)12-6(11)5(3)10/h2-6,9-11H,1H2. The first-order chi connectivity index (χ1) is 5.57. The second-order valence-corrected chi connectivity index (χ2v) is 3.15. The fourth-order valence-electron chi connectivity index (χ4n) is 1.03. The maximum Gasteiger partial charge on any atom is 0.182 e. The summed E-state index contributed by atoms with van der Waals surface area (Å²) in [5, 5.41) is 26.0. The minimum absolute atomic E-state index is 0.950. The van der Waals surface area contributed by atoms with Crippen molar-refractivity contribution in [2.75, 3.05) is 6.67 Å². The molecule has 1 aliphatic heterocycles. The Morgan fingerprint density at radius 1 is 1.25 bits per heavy atom. The molecule has 0 aromatic heterocycles. The Morgan fingerprint density at radius 2 is 1.83 bits per heavy atom. The molecular formula is C6H10ClFO4. The van der Waals surface area contributed by atoms with Crippen molar-refractivity contribution in [3.8, 4) is 0 Å². The average Bonchev–Trinajstić information content (AvgIpc) is 2.08. The topological polar surface area (TPSA) is 69.9 Å². The summed E-state index contributed by atoms with van der Waals surface area (Å²) in [5.41, 5.74) is 0. The van der Waals surface area contributed by atoms with E-state index in [-0.39, 0.29) is 0 Å². The highest BCUT2D eigenvalue weighted by molar-refractivity contribution is 6.21. The molecule has 0 aromatic carbocycles. The second-order valence-electron chi connectivity index (χ2n) is 2.65. The number of rotatable bonds is 1. The van der Waals surface area contributed by atoms with Gasteiger partial charge in [0, 0.05) is 0 Å². The van der Waals surface area contributed by atoms with Gasteiger partial charge in [-0.05, 0) is 0 Å². The third kappa shape index (κ3) is 1.70. The van der Waals surface area contributed by atoms with Crippen LogP contribution in [-0.2, 0) is 4.74 Å². The van der Waals surface area contributed by atoms with Gasteiger partial charge in [-0.1, -0.05) is 0 Å². The van der Waals surface area contributed by atoms with E-state index in [4.69, 9.17) is 26.9 Å². The maximum atomic E-state index is 12.1. The van der Waals surface area contributed by atoms with E-state index in [1.54, 1.807) is 0 Å². The lowest BCUT2D eigenvalue weighted by atomic mass is 10.0. The molecule has 0 aromatic rings. The number of aliphatic hydroxyl groups is 3. The zero-order valence-corrected chi connectivity index (χ0v) is 6.86. The molecular weight excluding hydrogens is 191 g/mol. The van der Waals surface area contributed by atoms with E-state index in [0.29, 0.717) is 0 Å². The van der Waals surface area contributed by atoms with Crippen LogP contribution >= 0.6 is 11.6 Å². The number of hydrogen-bond acceptors (Lipinski definition) is 4. The van der Waals surface area contributed by atoms with Crippen molar-refractivity contribution in [1.29, 1.82) is 0 Å². The predicted octanol–water partition coefficient (Wildman–Crippen LogP) is -0.998. The van der Waals surface area contributed by atoms with Gasteiger partial charge in [0.25, 0.3) is 0 Å². The highest BCUT2D eigenvalue weighted by Gasteiger charge is 2.42. The SMILES string of the molecule is OC1OC(CF)C(O)C(Cl)C1O. The molecule has 0 spiro atoms. The summed E-state index contributed by atoms with van der Waals surface area (Å²) < 4.78 is 16.6. The zero-order valence-electron chi connectivity index (χ0n) is 6.10. The van der Waals surface area contributed by atoms with E-state index in [9.17, 15) is 4.39 Å². The third-order valence-corrected chi connectivity index (χ3v) is 2.31. The van der Waals surface area contributed by atoms with Crippen LogP contribution in [0.25, 0.3) is 0 Å². The summed E-state index contributed by atoms with van der Waals surface area (Å²) in [5.74, 6) is 0. The van der Waals surface area contributed by atoms with Crippen molar-refractivity contribution in [2.24, 2.45) is 0 Å². The highest BCUT2D eigenvalue weighted by atomic mass is 35.5. The van der Waals surface area contributed by atoms with Gasteiger partial charge in [0.05, 0.1) is 5.38 Å². The Labute approximate surface area is 73.5 Å². The molecule has 1 heterocycles. The van der Waals surface area contributed by atoms with Crippen molar-refractivity contribution in [2.45, 2.75) is 30.0 Å². The number of halogens is 2. The first kappa shape index (κ1) is 10.1. The van der Waals surface area contributed by atoms with E-state index >= 15 is 0 Å². The summed E-state index contributed by atoms with van der Waals surface area (Å²) in [6.45, 7) is -0.950. The predicted molar refractivity (Wildman–Crippen MR) is 38.5 cm³/mol. The second kappa shape index (κ2) is 3.85. The van der Waals surface area contributed by atoms with Crippen molar-refractivity contribution >= 4 is 11.6 Å². The van der Waals surface area contributed by atoms with E-state index in [0.717, 1.165) is 0 Å². The quantitative estimate of drug-likeness (QED) is 0.475. The van der Waals surface area contributed by atoms with Crippen molar-refractivity contribution < 1.29 is 24.4 Å². The lowest BCUT2D eigenvalue weighted by Crippen LogP contribution is -2.55. The number of hydrogen-bond donors (Lipinski definition) is 3. The van der Waals surface area contributed by atoms with Gasteiger partial charge in [-0.3, -0.25) is 0 Å². The van der Waals surface area contributed by atoms with Gasteiger partial charge in [-0.15, -0.1) is 11.6 Å². The van der Waals surface area contributed by atoms with Crippen LogP contribution in [0.4, 0.5) is 4.39 Å². The molecule has 4 nitrogen and oxygen atoms in total. The van der Waals surface area contributed by atoms with E-state index < -0.39 is 36.7 Å². The molecule has 12 heavy (non-hydrogen) atoms. The van der Waals surface area contributed by atoms with Gasteiger partial charge < -0.3 is 20.1 Å². The molecule has 1 fully saturated rings. The van der Waals surface area contributed by atoms with Crippen LogP contribution in [0.15, 0.2) is 0 Å². The molecule has 1 saturated heterocycles. The van der Waals surface area contributed by atoms with Crippen molar-refractivity contribution in [1.82, 2.24) is 0 Å². The molecule has 72 valence electrons. The first-order valence-electron chi connectivity index (χ1n) is 3.47. The van der Waals surface area contributed by atoms with E-state index in [2.05, 4.69) is 4.74 Å². The van der Waals surface area contributed by atoms with Crippen LogP contribution in [-0.4, -0.2) is 52.0 Å². The van der Waals surface area contributed by atoms with Gasteiger partial charge in [0.1, 0.15) is 25.0 Å². The number of ether oxygens (including phenoxy) is 1. The Morgan fingerprint density at radius 3 is 2.33 bits per heavy atom. The molecule has 5 atom stereocenters. The summed E-state index contributed by atoms with van der Waals surface area (Å²) in [6.07, 6.45) is -5.37. The van der Waals surface area contributed by atoms with Crippen molar-refractivity contribution in [3.05, 3.63) is 0 Å². The van der Waals surface area contributed by atoms with Gasteiger partial charge in [-0.2, -0.15) is 0 Å². The zero-order chi connectivity index (χ0) is 9.30. The summed E-state index contributed by atoms with van der Waals surface area (Å²) >= 11 is 5.48. The third-order valence-electron chi connectivity index (χ3n) is 1.79. The van der Waals surface area contributed by atoms with Crippen molar-refractivity contribution in [3.63, 3.8) is 0 Å². The minimum Gasteiger partial charge on any atom is -0.389 e. The largest absolute Gasteiger partial charge is 0.389 e. The molecule has 0 saturated carbocycles. The van der Waals surface area contributed by atoms with Crippen LogP contribution in [0.3, 0.4) is 0 Å². The normalized spacial score (nSPS) is 49.2. The lowest BCUT2D eigenvalue weighted by Gasteiger charge is -2.36. The van der Waals surface area contributed by atoms with E-state index in [1.165, 1.54) is 0 Å². The summed E-state index contributed by atoms with van der Waals surface area (Å²) in [6, 6.07) is 0. The lowest BCUT2D eigenvalue weighted by molar-refractivity contribution is -0.245. The first-order valence-corrected chi connectivity index (χ1v) is 3.91. The fourth-order valence-corrected chi connectivity index (χ4v) is 1.32. The number of alkyl halides is 2. The molecule has 3 N–H and O–H groups in total. The molecule has 6 heteroatoms. The van der Waals surface area contributed by atoms with Crippen LogP contribution in [0.2, 0.25) is 0 Å². The van der Waals surface area contributed by atoms with Gasteiger partial charge in [0.15, 0.2) is 6.29 Å². The molecule has 0 amide bonds. The van der Waals surface area contributed by atoms with Crippen LogP contribution in [0.5, 0.6) is 0 Å². The van der Waals surface area contributed by atoms with Crippen LogP contribution in [0, 0.1) is 0 Å².